The summed E-state index contributed by atoms with van der Waals surface area (Å²) in [4.78, 5) is 25.7. The van der Waals surface area contributed by atoms with Gasteiger partial charge in [-0.25, -0.2) is 9.59 Å². The number of hydrogen-bond donors (Lipinski definition) is 0. The first kappa shape index (κ1) is 13.9. The highest BCUT2D eigenvalue weighted by molar-refractivity contribution is 5.84. The fourth-order valence-corrected chi connectivity index (χ4v) is 2.96. The van der Waals surface area contributed by atoms with Crippen molar-refractivity contribution in [2.75, 3.05) is 7.11 Å². The van der Waals surface area contributed by atoms with E-state index in [2.05, 4.69) is 6.58 Å². The maximum atomic E-state index is 12.3. The molecule has 1 aliphatic heterocycles. The molecule has 1 unspecified atom stereocenters. The fourth-order valence-electron chi connectivity index (χ4n) is 2.96. The van der Waals surface area contributed by atoms with Crippen LogP contribution in [-0.2, 0) is 14.3 Å². The zero-order chi connectivity index (χ0) is 14.4. The summed E-state index contributed by atoms with van der Waals surface area (Å²) in [6.45, 7) is 9.42. The molecule has 1 amide bonds. The minimum Gasteiger partial charge on any atom is -0.467 e. The van der Waals surface area contributed by atoms with E-state index in [-0.39, 0.29) is 17.9 Å². The minimum atomic E-state index is -0.578. The number of ether oxygens (including phenoxy) is 2. The maximum Gasteiger partial charge on any atom is 0.411 e. The van der Waals surface area contributed by atoms with Crippen molar-refractivity contribution in [3.63, 3.8) is 0 Å². The Labute approximate surface area is 113 Å². The largest absolute Gasteiger partial charge is 0.467 e. The molecule has 1 saturated carbocycles. The highest BCUT2D eigenvalue weighted by atomic mass is 16.6. The van der Waals surface area contributed by atoms with Crippen LogP contribution in [0.3, 0.4) is 0 Å². The summed E-state index contributed by atoms with van der Waals surface area (Å²) in [6, 6.07) is -0.567. The van der Waals surface area contributed by atoms with Crippen molar-refractivity contribution in [3.05, 3.63) is 12.2 Å². The molecule has 3 atom stereocenters. The van der Waals surface area contributed by atoms with E-state index in [4.69, 9.17) is 9.47 Å². The van der Waals surface area contributed by atoms with Crippen molar-refractivity contribution in [1.82, 2.24) is 4.90 Å². The number of methoxy groups -OCH3 is 1. The summed E-state index contributed by atoms with van der Waals surface area (Å²) in [6.07, 6.45) is 1.08. The Morgan fingerprint density at radius 1 is 1.37 bits per heavy atom. The first-order chi connectivity index (χ1) is 8.74. The summed E-state index contributed by atoms with van der Waals surface area (Å²) < 4.78 is 10.2. The fraction of sp³-hybridized carbons (Fsp3) is 0.714. The molecule has 0 aromatic heterocycles. The number of fused-ring (bicyclic) bond motifs is 2. The Balaban J connectivity index is 2.21. The Kier molecular flexibility index (Phi) is 3.32. The summed E-state index contributed by atoms with van der Waals surface area (Å²) in [5, 5.41) is 0. The van der Waals surface area contributed by atoms with Gasteiger partial charge in [0.2, 0.25) is 0 Å². The van der Waals surface area contributed by atoms with Crippen LogP contribution in [0.1, 0.15) is 33.6 Å². The Morgan fingerprint density at radius 3 is 2.53 bits per heavy atom. The van der Waals surface area contributed by atoms with Crippen LogP contribution in [0.25, 0.3) is 0 Å². The van der Waals surface area contributed by atoms with Crippen LogP contribution in [0.2, 0.25) is 0 Å². The molecule has 2 rings (SSSR count). The van der Waals surface area contributed by atoms with E-state index in [1.807, 2.05) is 20.8 Å². The minimum absolute atomic E-state index is 0.00460. The van der Waals surface area contributed by atoms with Crippen LogP contribution in [0, 0.1) is 5.92 Å². The number of hydrogen-bond acceptors (Lipinski definition) is 4. The summed E-state index contributed by atoms with van der Waals surface area (Å²) in [5.74, 6) is -0.385. The molecule has 0 spiro atoms. The summed E-state index contributed by atoms with van der Waals surface area (Å²) >= 11 is 0. The predicted octanol–water partition coefficient (Wildman–Crippen LogP) is 2.11. The first-order valence-electron chi connectivity index (χ1n) is 6.51. The van der Waals surface area contributed by atoms with Crippen molar-refractivity contribution < 1.29 is 19.1 Å². The number of rotatable bonds is 1. The smallest absolute Gasteiger partial charge is 0.411 e. The first-order valence-corrected chi connectivity index (χ1v) is 6.51. The Bertz CT molecular complexity index is 424. The Hall–Kier alpha value is -1.52. The molecule has 0 N–H and O–H groups in total. The lowest BCUT2D eigenvalue weighted by molar-refractivity contribution is -0.147. The van der Waals surface area contributed by atoms with Crippen molar-refractivity contribution >= 4 is 12.1 Å². The second-order valence-corrected chi connectivity index (χ2v) is 6.21. The molecule has 0 radical (unpaired) electrons. The molecule has 5 nitrogen and oxygen atoms in total. The van der Waals surface area contributed by atoms with Crippen molar-refractivity contribution in [3.8, 4) is 0 Å². The zero-order valence-corrected chi connectivity index (χ0v) is 11.9. The average Bonchev–Trinajstić information content (AvgIpc) is 2.81. The zero-order valence-electron chi connectivity index (χ0n) is 11.9. The van der Waals surface area contributed by atoms with Gasteiger partial charge in [0.05, 0.1) is 7.11 Å². The van der Waals surface area contributed by atoms with Gasteiger partial charge in [-0.2, -0.15) is 0 Å². The molecular weight excluding hydrogens is 246 g/mol. The highest BCUT2D eigenvalue weighted by Gasteiger charge is 2.54. The lowest BCUT2D eigenvalue weighted by Crippen LogP contribution is -2.51. The molecule has 0 aromatic rings. The van der Waals surface area contributed by atoms with E-state index in [9.17, 15) is 9.59 Å². The molecule has 106 valence electrons. The lowest BCUT2D eigenvalue weighted by Gasteiger charge is -2.35. The normalized spacial score (nSPS) is 29.6. The number of nitrogens with zero attached hydrogens (tertiary/aromatic N) is 1. The lowest BCUT2D eigenvalue weighted by atomic mass is 9.95. The molecule has 1 aliphatic carbocycles. The van der Waals surface area contributed by atoms with Crippen LogP contribution in [0.5, 0.6) is 0 Å². The highest BCUT2D eigenvalue weighted by Crippen LogP contribution is 2.46. The molecule has 2 bridgehead atoms. The molecule has 0 aromatic carbocycles. The average molecular weight is 267 g/mol. The van der Waals surface area contributed by atoms with E-state index in [1.54, 1.807) is 0 Å². The Morgan fingerprint density at radius 2 is 2.00 bits per heavy atom. The maximum absolute atomic E-state index is 12.3. The topological polar surface area (TPSA) is 55.8 Å². The van der Waals surface area contributed by atoms with E-state index in [0.717, 1.165) is 18.4 Å². The standard InChI is InChI=1S/C14H21NO4/c1-8-6-9-7-10(8)11(12(16)18-5)15(9)13(17)19-14(2,3)4/h9-11H,1,6-7H2,2-5H3/t9?,10-,11+/m0/s1. The summed E-state index contributed by atoms with van der Waals surface area (Å²) in [7, 11) is 1.34. The van der Waals surface area contributed by atoms with Gasteiger partial charge in [-0.3, -0.25) is 4.90 Å². The van der Waals surface area contributed by atoms with E-state index < -0.39 is 17.7 Å². The van der Waals surface area contributed by atoms with Crippen molar-refractivity contribution in [2.24, 2.45) is 5.92 Å². The molecule has 1 heterocycles. The molecular formula is C14H21NO4. The number of carbonyl (C=O) groups excluding carboxylic acids is 2. The SMILES string of the molecule is C=C1CC2C[C@@H]1[C@H](C(=O)OC)N2C(=O)OC(C)(C)C. The molecule has 5 heteroatoms. The van der Waals surface area contributed by atoms with Gasteiger partial charge in [-0.05, 0) is 33.6 Å². The number of amides is 1. The van der Waals surface area contributed by atoms with Gasteiger partial charge in [0.1, 0.15) is 11.6 Å². The van der Waals surface area contributed by atoms with Gasteiger partial charge >= 0.3 is 12.1 Å². The third kappa shape index (κ3) is 2.46. The quantitative estimate of drug-likeness (QED) is 0.539. The van der Waals surface area contributed by atoms with Crippen molar-refractivity contribution in [2.45, 2.75) is 51.3 Å². The number of piperidine rings is 1. The molecule has 1 saturated heterocycles. The monoisotopic (exact) mass is 267 g/mol. The third-order valence-corrected chi connectivity index (χ3v) is 3.67. The van der Waals surface area contributed by atoms with Gasteiger partial charge in [0, 0.05) is 12.0 Å². The molecule has 19 heavy (non-hydrogen) atoms. The van der Waals surface area contributed by atoms with Gasteiger partial charge in [-0.1, -0.05) is 12.2 Å². The van der Waals surface area contributed by atoms with E-state index in [1.165, 1.54) is 12.0 Å². The van der Waals surface area contributed by atoms with Crippen molar-refractivity contribution in [1.29, 1.82) is 0 Å². The van der Waals surface area contributed by atoms with Gasteiger partial charge < -0.3 is 9.47 Å². The van der Waals surface area contributed by atoms with Crippen LogP contribution in [0.15, 0.2) is 12.2 Å². The van der Waals surface area contributed by atoms with Crippen LogP contribution in [-0.4, -0.2) is 41.8 Å². The van der Waals surface area contributed by atoms with E-state index >= 15 is 0 Å². The van der Waals surface area contributed by atoms with Gasteiger partial charge in [-0.15, -0.1) is 0 Å². The van der Waals surface area contributed by atoms with Crippen LogP contribution < -0.4 is 0 Å². The van der Waals surface area contributed by atoms with E-state index in [0.29, 0.717) is 0 Å². The second-order valence-electron chi connectivity index (χ2n) is 6.21. The van der Waals surface area contributed by atoms with Gasteiger partial charge in [0.15, 0.2) is 0 Å². The predicted molar refractivity (Wildman–Crippen MR) is 69.5 cm³/mol. The number of esters is 1. The van der Waals surface area contributed by atoms with Crippen LogP contribution in [0.4, 0.5) is 4.79 Å². The van der Waals surface area contributed by atoms with Gasteiger partial charge in [0.25, 0.3) is 0 Å². The van der Waals surface area contributed by atoms with Crippen LogP contribution >= 0.6 is 0 Å². The molecule has 2 aliphatic rings. The second kappa shape index (κ2) is 4.54. The number of carbonyl (C=O) groups is 2. The third-order valence-electron chi connectivity index (χ3n) is 3.67. The molecule has 2 fully saturated rings. The number of likely N-dealkylation sites (tertiary alicyclic amines) is 1. The summed E-state index contributed by atoms with van der Waals surface area (Å²) in [5.41, 5.74) is 0.455.